The Bertz CT molecular complexity index is 570. The molecular weight excluding hydrogens is 210 g/mol. The fourth-order valence-electron chi connectivity index (χ4n) is 1.69. The molecule has 2 aromatic rings. The number of aliphatic carboxylic acids is 1. The predicted molar refractivity (Wildman–Crippen MR) is 56.5 cm³/mol. The summed E-state index contributed by atoms with van der Waals surface area (Å²) in [5.74, 6) is -1.98. The molecule has 2 rings (SSSR count). The molecule has 16 heavy (non-hydrogen) atoms. The van der Waals surface area contributed by atoms with Crippen molar-refractivity contribution in [3.63, 3.8) is 0 Å². The van der Waals surface area contributed by atoms with Gasteiger partial charge in [0.25, 0.3) is 0 Å². The van der Waals surface area contributed by atoms with Crippen LogP contribution in [0.2, 0.25) is 0 Å². The van der Waals surface area contributed by atoms with Crippen molar-refractivity contribution < 1.29 is 19.8 Å². The summed E-state index contributed by atoms with van der Waals surface area (Å²) in [6.07, 6.45) is 1.57. The van der Waals surface area contributed by atoms with E-state index in [0.29, 0.717) is 10.9 Å². The molecule has 1 heterocycles. The van der Waals surface area contributed by atoms with Crippen molar-refractivity contribution in [1.29, 1.82) is 0 Å². The number of aromatic carboxylic acids is 1. The van der Waals surface area contributed by atoms with Gasteiger partial charge in [-0.1, -0.05) is 6.07 Å². The largest absolute Gasteiger partial charge is 0.480 e. The van der Waals surface area contributed by atoms with Gasteiger partial charge in [-0.25, -0.2) is 4.79 Å². The average molecular weight is 219 g/mol. The fourth-order valence-corrected chi connectivity index (χ4v) is 1.69. The van der Waals surface area contributed by atoms with Gasteiger partial charge in [-0.2, -0.15) is 0 Å². The standard InChI is InChI=1S/C11H9NO4/c13-10(14)6-12-5-4-7-8(11(15)16)2-1-3-9(7)12/h1-5H,6H2,(H,13,14)(H,15,16). The molecule has 0 aliphatic carbocycles. The molecule has 0 fully saturated rings. The lowest BCUT2D eigenvalue weighted by Gasteiger charge is -2.02. The summed E-state index contributed by atoms with van der Waals surface area (Å²) in [5, 5.41) is 18.2. The first-order valence-corrected chi connectivity index (χ1v) is 4.62. The molecular formula is C11H9NO4. The van der Waals surface area contributed by atoms with Crippen LogP contribution in [0.15, 0.2) is 30.5 Å². The number of nitrogens with zero attached hydrogens (tertiary/aromatic N) is 1. The summed E-state index contributed by atoms with van der Waals surface area (Å²) >= 11 is 0. The van der Waals surface area contributed by atoms with E-state index in [1.54, 1.807) is 24.4 Å². The summed E-state index contributed by atoms with van der Waals surface area (Å²) in [4.78, 5) is 21.5. The number of aromatic nitrogens is 1. The molecule has 1 aromatic heterocycles. The molecule has 0 aliphatic heterocycles. The summed E-state index contributed by atoms with van der Waals surface area (Å²) in [6, 6.07) is 6.41. The lowest BCUT2D eigenvalue weighted by Crippen LogP contribution is -2.07. The molecule has 0 saturated heterocycles. The molecule has 82 valence electrons. The van der Waals surface area contributed by atoms with Crippen LogP contribution >= 0.6 is 0 Å². The van der Waals surface area contributed by atoms with E-state index in [0.717, 1.165) is 0 Å². The third kappa shape index (κ3) is 1.63. The van der Waals surface area contributed by atoms with Gasteiger partial charge in [-0.05, 0) is 18.2 Å². The van der Waals surface area contributed by atoms with Crippen LogP contribution in [-0.2, 0) is 11.3 Å². The van der Waals surface area contributed by atoms with Crippen molar-refractivity contribution in [2.45, 2.75) is 6.54 Å². The Morgan fingerprint density at radius 1 is 1.19 bits per heavy atom. The first-order chi connectivity index (χ1) is 7.59. The molecule has 5 heteroatoms. The molecule has 0 amide bonds. The average Bonchev–Trinajstić information content (AvgIpc) is 2.60. The van der Waals surface area contributed by atoms with Crippen LogP contribution < -0.4 is 0 Å². The van der Waals surface area contributed by atoms with Gasteiger partial charge in [-0.15, -0.1) is 0 Å². The normalized spacial score (nSPS) is 10.5. The molecule has 0 saturated carbocycles. The summed E-state index contributed by atoms with van der Waals surface area (Å²) in [6.45, 7) is -0.174. The SMILES string of the molecule is O=C(O)Cn1ccc2c(C(=O)O)cccc21. The van der Waals surface area contributed by atoms with Crippen molar-refractivity contribution in [3.05, 3.63) is 36.0 Å². The van der Waals surface area contributed by atoms with Gasteiger partial charge >= 0.3 is 11.9 Å². The van der Waals surface area contributed by atoms with Crippen LogP contribution in [0.25, 0.3) is 10.9 Å². The van der Waals surface area contributed by atoms with Gasteiger partial charge in [0, 0.05) is 17.1 Å². The maximum absolute atomic E-state index is 10.9. The highest BCUT2D eigenvalue weighted by atomic mass is 16.4. The highest BCUT2D eigenvalue weighted by Gasteiger charge is 2.11. The Morgan fingerprint density at radius 2 is 1.94 bits per heavy atom. The molecule has 5 nitrogen and oxygen atoms in total. The van der Waals surface area contributed by atoms with E-state index in [4.69, 9.17) is 10.2 Å². The molecule has 0 radical (unpaired) electrons. The number of carboxylic acid groups (broad SMARTS) is 2. The van der Waals surface area contributed by atoms with E-state index in [-0.39, 0.29) is 12.1 Å². The Labute approximate surface area is 90.5 Å². The fraction of sp³-hybridized carbons (Fsp3) is 0.0909. The van der Waals surface area contributed by atoms with Crippen LogP contribution in [-0.4, -0.2) is 26.7 Å². The van der Waals surface area contributed by atoms with Crippen LogP contribution in [0.4, 0.5) is 0 Å². The minimum absolute atomic E-state index is 0.174. The van der Waals surface area contributed by atoms with Crippen molar-refractivity contribution in [3.8, 4) is 0 Å². The molecule has 0 atom stereocenters. The Morgan fingerprint density at radius 3 is 2.56 bits per heavy atom. The Hall–Kier alpha value is -2.30. The third-order valence-electron chi connectivity index (χ3n) is 2.35. The number of hydrogen-bond donors (Lipinski definition) is 2. The second-order valence-corrected chi connectivity index (χ2v) is 3.38. The lowest BCUT2D eigenvalue weighted by atomic mass is 10.1. The number of fused-ring (bicyclic) bond motifs is 1. The first kappa shape index (κ1) is 10.2. The van der Waals surface area contributed by atoms with E-state index in [1.165, 1.54) is 10.6 Å². The smallest absolute Gasteiger partial charge is 0.336 e. The van der Waals surface area contributed by atoms with Gasteiger partial charge in [0.15, 0.2) is 0 Å². The van der Waals surface area contributed by atoms with E-state index in [2.05, 4.69) is 0 Å². The van der Waals surface area contributed by atoms with E-state index >= 15 is 0 Å². The highest BCUT2D eigenvalue weighted by Crippen LogP contribution is 2.20. The highest BCUT2D eigenvalue weighted by molar-refractivity contribution is 6.03. The molecule has 1 aromatic carbocycles. The van der Waals surface area contributed by atoms with E-state index in [9.17, 15) is 9.59 Å². The monoisotopic (exact) mass is 219 g/mol. The van der Waals surface area contributed by atoms with Gasteiger partial charge < -0.3 is 14.8 Å². The maximum Gasteiger partial charge on any atom is 0.336 e. The Kier molecular flexibility index (Phi) is 2.36. The first-order valence-electron chi connectivity index (χ1n) is 4.62. The molecule has 0 spiro atoms. The zero-order valence-corrected chi connectivity index (χ0v) is 8.25. The van der Waals surface area contributed by atoms with Gasteiger partial charge in [0.2, 0.25) is 0 Å². The van der Waals surface area contributed by atoms with Gasteiger partial charge in [-0.3, -0.25) is 4.79 Å². The van der Waals surface area contributed by atoms with Crippen LogP contribution in [0, 0.1) is 0 Å². The lowest BCUT2D eigenvalue weighted by molar-refractivity contribution is -0.137. The second-order valence-electron chi connectivity index (χ2n) is 3.38. The molecule has 0 aliphatic rings. The minimum atomic E-state index is -1.02. The van der Waals surface area contributed by atoms with Crippen molar-refractivity contribution in [2.75, 3.05) is 0 Å². The molecule has 0 bridgehead atoms. The van der Waals surface area contributed by atoms with Crippen molar-refractivity contribution >= 4 is 22.8 Å². The summed E-state index contributed by atoms with van der Waals surface area (Å²) in [7, 11) is 0. The zero-order valence-electron chi connectivity index (χ0n) is 8.25. The predicted octanol–water partition coefficient (Wildman–Crippen LogP) is 1.42. The van der Waals surface area contributed by atoms with Gasteiger partial charge in [0.05, 0.1) is 5.56 Å². The van der Waals surface area contributed by atoms with Crippen molar-refractivity contribution in [2.24, 2.45) is 0 Å². The van der Waals surface area contributed by atoms with E-state index < -0.39 is 11.9 Å². The topological polar surface area (TPSA) is 79.5 Å². The second kappa shape index (κ2) is 3.69. The maximum atomic E-state index is 10.9. The van der Waals surface area contributed by atoms with E-state index in [1.807, 2.05) is 0 Å². The number of hydrogen-bond acceptors (Lipinski definition) is 2. The van der Waals surface area contributed by atoms with Gasteiger partial charge in [0.1, 0.15) is 6.54 Å². The van der Waals surface area contributed by atoms with Crippen LogP contribution in [0.1, 0.15) is 10.4 Å². The van der Waals surface area contributed by atoms with Crippen LogP contribution in [0.3, 0.4) is 0 Å². The van der Waals surface area contributed by atoms with Crippen LogP contribution in [0.5, 0.6) is 0 Å². The number of benzene rings is 1. The summed E-state index contributed by atoms with van der Waals surface area (Å²) in [5.41, 5.74) is 0.795. The quantitative estimate of drug-likeness (QED) is 0.818. The molecule has 2 N–H and O–H groups in total. The summed E-state index contributed by atoms with van der Waals surface area (Å²) < 4.78 is 1.50. The number of carbonyl (C=O) groups is 2. The van der Waals surface area contributed by atoms with Crippen molar-refractivity contribution in [1.82, 2.24) is 4.57 Å². The number of carboxylic acids is 2. The minimum Gasteiger partial charge on any atom is -0.480 e. The zero-order chi connectivity index (χ0) is 11.7. The Balaban J connectivity index is 2.61. The number of rotatable bonds is 3. The molecule has 0 unspecified atom stereocenters. The third-order valence-corrected chi connectivity index (χ3v) is 2.35.